The molecule has 1 heterocycles. The number of carbonyl (C=O) groups excluding carboxylic acids is 1. The summed E-state index contributed by atoms with van der Waals surface area (Å²) < 4.78 is 6.73. The molecule has 0 saturated heterocycles. The minimum Gasteiger partial charge on any atom is -0.497 e. The lowest BCUT2D eigenvalue weighted by Gasteiger charge is -2.05. The highest BCUT2D eigenvalue weighted by Crippen LogP contribution is 2.12. The fourth-order valence-corrected chi connectivity index (χ4v) is 1.48. The zero-order valence-corrected chi connectivity index (χ0v) is 8.96. The van der Waals surface area contributed by atoms with Crippen LogP contribution in [-0.2, 0) is 6.54 Å². The summed E-state index contributed by atoms with van der Waals surface area (Å²) in [6.07, 6.45) is 2.42. The second-order valence-corrected chi connectivity index (χ2v) is 3.38. The van der Waals surface area contributed by atoms with Crippen molar-refractivity contribution in [2.75, 3.05) is 7.11 Å². The van der Waals surface area contributed by atoms with E-state index >= 15 is 0 Å². The van der Waals surface area contributed by atoms with Gasteiger partial charge in [0.2, 0.25) is 0 Å². The SMILES string of the molecule is COc1ccc(Cn2nccc2C=O)cc1. The van der Waals surface area contributed by atoms with Gasteiger partial charge in [-0.1, -0.05) is 12.1 Å². The lowest BCUT2D eigenvalue weighted by Crippen LogP contribution is -2.05. The van der Waals surface area contributed by atoms with Gasteiger partial charge in [-0.25, -0.2) is 0 Å². The molecule has 82 valence electrons. The molecule has 2 rings (SSSR count). The Hall–Kier alpha value is -2.10. The molecule has 0 amide bonds. The first-order chi connectivity index (χ1) is 7.83. The highest BCUT2D eigenvalue weighted by atomic mass is 16.5. The van der Waals surface area contributed by atoms with Crippen molar-refractivity contribution in [1.29, 1.82) is 0 Å². The normalized spacial score (nSPS) is 10.1. The molecule has 0 aliphatic rings. The summed E-state index contributed by atoms with van der Waals surface area (Å²) in [6, 6.07) is 9.37. The monoisotopic (exact) mass is 216 g/mol. The molecule has 0 bridgehead atoms. The Bertz CT molecular complexity index is 474. The van der Waals surface area contributed by atoms with Crippen LogP contribution >= 0.6 is 0 Å². The number of methoxy groups -OCH3 is 1. The topological polar surface area (TPSA) is 44.1 Å². The van der Waals surface area contributed by atoms with Crippen LogP contribution in [0.15, 0.2) is 36.5 Å². The number of nitrogens with zero attached hydrogens (tertiary/aromatic N) is 2. The molecule has 1 aromatic carbocycles. The van der Waals surface area contributed by atoms with E-state index in [0.29, 0.717) is 12.2 Å². The second-order valence-electron chi connectivity index (χ2n) is 3.38. The van der Waals surface area contributed by atoms with Crippen LogP contribution in [0.2, 0.25) is 0 Å². The van der Waals surface area contributed by atoms with E-state index in [2.05, 4.69) is 5.10 Å². The summed E-state index contributed by atoms with van der Waals surface area (Å²) in [5.74, 6) is 0.819. The van der Waals surface area contributed by atoms with Crippen molar-refractivity contribution in [3.63, 3.8) is 0 Å². The fourth-order valence-electron chi connectivity index (χ4n) is 1.48. The third-order valence-electron chi connectivity index (χ3n) is 2.36. The Kier molecular flexibility index (Phi) is 3.00. The zero-order valence-electron chi connectivity index (χ0n) is 8.96. The predicted octanol–water partition coefficient (Wildman–Crippen LogP) is 1.75. The van der Waals surface area contributed by atoms with Crippen molar-refractivity contribution in [2.24, 2.45) is 0 Å². The number of ether oxygens (including phenoxy) is 1. The summed E-state index contributed by atoms with van der Waals surface area (Å²) in [4.78, 5) is 10.7. The van der Waals surface area contributed by atoms with Crippen molar-refractivity contribution in [1.82, 2.24) is 9.78 Å². The largest absolute Gasteiger partial charge is 0.497 e. The van der Waals surface area contributed by atoms with Crippen molar-refractivity contribution in [2.45, 2.75) is 6.54 Å². The van der Waals surface area contributed by atoms with Crippen LogP contribution < -0.4 is 4.74 Å². The number of hydrogen-bond acceptors (Lipinski definition) is 3. The minimum absolute atomic E-state index is 0.579. The molecule has 16 heavy (non-hydrogen) atoms. The molecule has 0 atom stereocenters. The first-order valence-corrected chi connectivity index (χ1v) is 4.93. The van der Waals surface area contributed by atoms with Crippen LogP contribution in [0.4, 0.5) is 0 Å². The lowest BCUT2D eigenvalue weighted by atomic mass is 10.2. The van der Waals surface area contributed by atoms with E-state index in [9.17, 15) is 4.79 Å². The molecule has 0 unspecified atom stereocenters. The average molecular weight is 216 g/mol. The number of rotatable bonds is 4. The third kappa shape index (κ3) is 2.11. The molecule has 2 aromatic rings. The number of aromatic nitrogens is 2. The number of carbonyl (C=O) groups is 1. The summed E-state index contributed by atoms with van der Waals surface area (Å²) in [6.45, 7) is 0.588. The van der Waals surface area contributed by atoms with Gasteiger partial charge in [0.1, 0.15) is 11.4 Å². The van der Waals surface area contributed by atoms with Crippen molar-refractivity contribution >= 4 is 6.29 Å². The second kappa shape index (κ2) is 4.61. The van der Waals surface area contributed by atoms with Crippen molar-refractivity contribution in [3.05, 3.63) is 47.8 Å². The van der Waals surface area contributed by atoms with E-state index in [4.69, 9.17) is 4.74 Å². The third-order valence-corrected chi connectivity index (χ3v) is 2.36. The highest BCUT2D eigenvalue weighted by molar-refractivity contribution is 5.71. The van der Waals surface area contributed by atoms with Crippen molar-refractivity contribution < 1.29 is 9.53 Å². The molecule has 0 radical (unpaired) electrons. The minimum atomic E-state index is 0.579. The van der Waals surface area contributed by atoms with Gasteiger partial charge >= 0.3 is 0 Å². The molecule has 0 aliphatic carbocycles. The van der Waals surface area contributed by atoms with Crippen LogP contribution in [-0.4, -0.2) is 23.2 Å². The number of aldehydes is 1. The Balaban J connectivity index is 2.17. The van der Waals surface area contributed by atoms with Gasteiger partial charge in [-0.15, -0.1) is 0 Å². The molecule has 0 saturated carbocycles. The zero-order chi connectivity index (χ0) is 11.4. The Morgan fingerprint density at radius 2 is 2.06 bits per heavy atom. The Morgan fingerprint density at radius 3 is 2.69 bits per heavy atom. The van der Waals surface area contributed by atoms with Crippen LogP contribution in [0.25, 0.3) is 0 Å². The maximum Gasteiger partial charge on any atom is 0.168 e. The number of hydrogen-bond donors (Lipinski definition) is 0. The maximum atomic E-state index is 10.7. The molecule has 1 aromatic heterocycles. The average Bonchev–Trinajstić information content (AvgIpc) is 2.77. The van der Waals surface area contributed by atoms with Gasteiger partial charge in [0.25, 0.3) is 0 Å². The van der Waals surface area contributed by atoms with Gasteiger partial charge < -0.3 is 4.74 Å². The molecular formula is C12H12N2O2. The smallest absolute Gasteiger partial charge is 0.168 e. The fraction of sp³-hybridized carbons (Fsp3) is 0.167. The van der Waals surface area contributed by atoms with Crippen LogP contribution in [0.5, 0.6) is 5.75 Å². The molecule has 0 fully saturated rings. The molecule has 4 nitrogen and oxygen atoms in total. The van der Waals surface area contributed by atoms with Gasteiger partial charge in [0, 0.05) is 6.20 Å². The van der Waals surface area contributed by atoms with Crippen LogP contribution in [0.3, 0.4) is 0 Å². The quantitative estimate of drug-likeness (QED) is 0.731. The summed E-state index contributed by atoms with van der Waals surface area (Å²) in [5, 5.41) is 4.08. The Labute approximate surface area is 93.5 Å². The highest BCUT2D eigenvalue weighted by Gasteiger charge is 2.01. The van der Waals surface area contributed by atoms with E-state index in [-0.39, 0.29) is 0 Å². The molecule has 4 heteroatoms. The van der Waals surface area contributed by atoms with E-state index < -0.39 is 0 Å². The van der Waals surface area contributed by atoms with Gasteiger partial charge in [-0.05, 0) is 23.8 Å². The predicted molar refractivity (Wildman–Crippen MR) is 59.7 cm³/mol. The molecular weight excluding hydrogens is 204 g/mol. The van der Waals surface area contributed by atoms with Crippen molar-refractivity contribution in [3.8, 4) is 5.75 Å². The molecule has 0 N–H and O–H groups in total. The number of benzene rings is 1. The van der Waals surface area contributed by atoms with Crippen LogP contribution in [0.1, 0.15) is 16.1 Å². The van der Waals surface area contributed by atoms with Gasteiger partial charge in [0.15, 0.2) is 6.29 Å². The van der Waals surface area contributed by atoms with Gasteiger partial charge in [0.05, 0.1) is 13.7 Å². The first kappa shape index (κ1) is 10.4. The van der Waals surface area contributed by atoms with Gasteiger partial charge in [-0.3, -0.25) is 9.48 Å². The molecule has 0 aliphatic heterocycles. The van der Waals surface area contributed by atoms with E-state index in [1.807, 2.05) is 24.3 Å². The van der Waals surface area contributed by atoms with E-state index in [1.54, 1.807) is 24.1 Å². The molecule has 0 spiro atoms. The summed E-state index contributed by atoms with van der Waals surface area (Å²) in [7, 11) is 1.63. The van der Waals surface area contributed by atoms with E-state index in [0.717, 1.165) is 17.6 Å². The summed E-state index contributed by atoms with van der Waals surface area (Å²) in [5.41, 5.74) is 1.66. The van der Waals surface area contributed by atoms with Crippen LogP contribution in [0, 0.1) is 0 Å². The maximum absolute atomic E-state index is 10.7. The first-order valence-electron chi connectivity index (χ1n) is 4.93. The lowest BCUT2D eigenvalue weighted by molar-refractivity contribution is 0.111. The summed E-state index contributed by atoms with van der Waals surface area (Å²) >= 11 is 0. The standard InChI is InChI=1S/C12H12N2O2/c1-16-12-4-2-10(3-5-12)8-14-11(9-15)6-7-13-14/h2-7,9H,8H2,1H3. The Morgan fingerprint density at radius 1 is 1.31 bits per heavy atom. The van der Waals surface area contributed by atoms with Gasteiger partial charge in [-0.2, -0.15) is 5.10 Å². The van der Waals surface area contributed by atoms with E-state index in [1.165, 1.54) is 0 Å².